The van der Waals surface area contributed by atoms with Gasteiger partial charge in [0.1, 0.15) is 11.4 Å². The van der Waals surface area contributed by atoms with Gasteiger partial charge in [-0.15, -0.1) is 11.3 Å². The molecule has 3 heterocycles. The molecule has 0 aliphatic heterocycles. The predicted molar refractivity (Wildman–Crippen MR) is 69.9 cm³/mol. The van der Waals surface area contributed by atoms with Crippen molar-refractivity contribution >= 4 is 39.6 Å². The first-order valence-corrected chi connectivity index (χ1v) is 7.39. The van der Waals surface area contributed by atoms with Crippen LogP contribution in [0.2, 0.25) is 0 Å². The number of nitrogens with zero attached hydrogens (tertiary/aromatic N) is 4. The number of hydrogen-bond acceptors (Lipinski definition) is 7. The number of imidazole rings is 1. The summed E-state index contributed by atoms with van der Waals surface area (Å²) in [6.07, 6.45) is 3.62. The van der Waals surface area contributed by atoms with Crippen molar-refractivity contribution in [2.45, 2.75) is 15.9 Å². The van der Waals surface area contributed by atoms with E-state index < -0.39 is 0 Å². The Morgan fingerprint density at radius 3 is 3.24 bits per heavy atom. The Morgan fingerprint density at radius 2 is 2.47 bits per heavy atom. The van der Waals surface area contributed by atoms with E-state index in [-0.39, 0.29) is 0 Å². The summed E-state index contributed by atoms with van der Waals surface area (Å²) in [5.74, 6) is 0. The number of hydrogen-bond donors (Lipinski definition) is 1. The van der Waals surface area contributed by atoms with Crippen LogP contribution in [0.4, 0.5) is 0 Å². The SMILES string of the molecule is CNCc1c(Sc2ncns2)nc2sccn12. The summed E-state index contributed by atoms with van der Waals surface area (Å²) in [7, 11) is 1.94. The highest BCUT2D eigenvalue weighted by molar-refractivity contribution is 8.00. The fourth-order valence-electron chi connectivity index (χ4n) is 1.51. The summed E-state index contributed by atoms with van der Waals surface area (Å²) in [4.78, 5) is 9.80. The maximum atomic E-state index is 4.61. The van der Waals surface area contributed by atoms with E-state index in [4.69, 9.17) is 0 Å². The van der Waals surface area contributed by atoms with Gasteiger partial charge in [0.2, 0.25) is 0 Å². The molecule has 0 saturated carbocycles. The van der Waals surface area contributed by atoms with Crippen molar-refractivity contribution < 1.29 is 0 Å². The first-order valence-electron chi connectivity index (χ1n) is 4.92. The maximum absolute atomic E-state index is 4.61. The van der Waals surface area contributed by atoms with Crippen LogP contribution in [0.5, 0.6) is 0 Å². The third-order valence-corrected chi connectivity index (χ3v) is 4.69. The molecule has 0 amide bonds. The van der Waals surface area contributed by atoms with Gasteiger partial charge in [0, 0.05) is 18.1 Å². The fraction of sp³-hybridized carbons (Fsp3) is 0.222. The predicted octanol–water partition coefficient (Wildman–Crippen LogP) is 2.12. The lowest BCUT2D eigenvalue weighted by atomic mass is 10.5. The highest BCUT2D eigenvalue weighted by atomic mass is 32.2. The van der Waals surface area contributed by atoms with Gasteiger partial charge in [-0.2, -0.15) is 4.37 Å². The lowest BCUT2D eigenvalue weighted by molar-refractivity contribution is 0.765. The van der Waals surface area contributed by atoms with Crippen LogP contribution in [-0.4, -0.2) is 25.8 Å². The Hall–Kier alpha value is -0.960. The summed E-state index contributed by atoms with van der Waals surface area (Å²) in [6.45, 7) is 0.791. The first kappa shape index (κ1) is 11.1. The van der Waals surface area contributed by atoms with E-state index in [1.165, 1.54) is 17.2 Å². The van der Waals surface area contributed by atoms with Crippen molar-refractivity contribution in [3.05, 3.63) is 23.6 Å². The zero-order chi connectivity index (χ0) is 11.7. The van der Waals surface area contributed by atoms with Gasteiger partial charge < -0.3 is 5.32 Å². The second-order valence-corrected chi connectivity index (χ2v) is 6.15. The fourth-order valence-corrected chi connectivity index (χ4v) is 3.78. The molecule has 0 atom stereocenters. The molecule has 0 aliphatic rings. The van der Waals surface area contributed by atoms with Crippen molar-refractivity contribution in [1.29, 1.82) is 0 Å². The first-order chi connectivity index (χ1) is 8.38. The molecule has 8 heteroatoms. The van der Waals surface area contributed by atoms with Crippen molar-refractivity contribution in [1.82, 2.24) is 24.1 Å². The summed E-state index contributed by atoms with van der Waals surface area (Å²) >= 11 is 4.60. The third-order valence-electron chi connectivity index (χ3n) is 2.19. The molecule has 0 bridgehead atoms. The monoisotopic (exact) mass is 283 g/mol. The molecule has 3 rings (SSSR count). The van der Waals surface area contributed by atoms with Gasteiger partial charge in [-0.05, 0) is 30.3 Å². The molecule has 88 valence electrons. The Labute approximate surface area is 110 Å². The van der Waals surface area contributed by atoms with Crippen molar-refractivity contribution in [3.63, 3.8) is 0 Å². The molecule has 0 spiro atoms. The van der Waals surface area contributed by atoms with Crippen LogP contribution in [0.1, 0.15) is 5.69 Å². The number of aromatic nitrogens is 4. The van der Waals surface area contributed by atoms with Crippen LogP contribution in [-0.2, 0) is 6.54 Å². The van der Waals surface area contributed by atoms with E-state index in [2.05, 4.69) is 24.1 Å². The van der Waals surface area contributed by atoms with Crippen LogP contribution in [0.25, 0.3) is 4.96 Å². The molecule has 0 radical (unpaired) electrons. The molecule has 0 fully saturated rings. The van der Waals surface area contributed by atoms with E-state index in [0.717, 1.165) is 20.9 Å². The maximum Gasteiger partial charge on any atom is 0.194 e. The highest BCUT2D eigenvalue weighted by Gasteiger charge is 2.14. The minimum absolute atomic E-state index is 0.791. The highest BCUT2D eigenvalue weighted by Crippen LogP contribution is 2.31. The van der Waals surface area contributed by atoms with Gasteiger partial charge in [-0.3, -0.25) is 4.40 Å². The van der Waals surface area contributed by atoms with E-state index in [1.807, 2.05) is 18.6 Å². The Morgan fingerprint density at radius 1 is 1.53 bits per heavy atom. The average Bonchev–Trinajstić information content (AvgIpc) is 2.99. The Bertz CT molecular complexity index is 612. The van der Waals surface area contributed by atoms with Crippen LogP contribution in [0.15, 0.2) is 27.3 Å². The van der Waals surface area contributed by atoms with Gasteiger partial charge in [0.15, 0.2) is 9.30 Å². The lowest BCUT2D eigenvalue weighted by Crippen LogP contribution is -2.07. The second kappa shape index (κ2) is 4.73. The molecule has 5 nitrogen and oxygen atoms in total. The topological polar surface area (TPSA) is 55.1 Å². The summed E-state index contributed by atoms with van der Waals surface area (Å²) in [6, 6.07) is 0. The van der Waals surface area contributed by atoms with Crippen LogP contribution >= 0.6 is 34.6 Å². The second-order valence-electron chi connectivity index (χ2n) is 3.26. The van der Waals surface area contributed by atoms with E-state index in [1.54, 1.807) is 29.4 Å². The molecule has 0 aromatic carbocycles. The Kier molecular flexibility index (Phi) is 3.10. The molecule has 1 N–H and O–H groups in total. The normalized spacial score (nSPS) is 11.4. The van der Waals surface area contributed by atoms with Gasteiger partial charge in [-0.25, -0.2) is 9.97 Å². The standard InChI is InChI=1S/C9H9N5S3/c1-10-4-6-7(16-9-11-5-12-17-9)13-8-14(6)2-3-15-8/h2-3,5,10H,4H2,1H3. The zero-order valence-electron chi connectivity index (χ0n) is 8.95. The number of fused-ring (bicyclic) bond motifs is 1. The van der Waals surface area contributed by atoms with Gasteiger partial charge >= 0.3 is 0 Å². The number of rotatable bonds is 4. The zero-order valence-corrected chi connectivity index (χ0v) is 11.4. The van der Waals surface area contributed by atoms with E-state index in [9.17, 15) is 0 Å². The van der Waals surface area contributed by atoms with Gasteiger partial charge in [0.25, 0.3) is 0 Å². The summed E-state index contributed by atoms with van der Waals surface area (Å²) in [5.41, 5.74) is 1.17. The lowest BCUT2D eigenvalue weighted by Gasteiger charge is -2.00. The van der Waals surface area contributed by atoms with Crippen molar-refractivity contribution in [2.75, 3.05) is 7.05 Å². The molecule has 0 saturated heterocycles. The van der Waals surface area contributed by atoms with E-state index in [0.29, 0.717) is 0 Å². The smallest absolute Gasteiger partial charge is 0.194 e. The summed E-state index contributed by atoms with van der Waals surface area (Å²) < 4.78 is 7.04. The Balaban J connectivity index is 2.02. The largest absolute Gasteiger partial charge is 0.314 e. The molecular weight excluding hydrogens is 274 g/mol. The van der Waals surface area contributed by atoms with E-state index >= 15 is 0 Å². The van der Waals surface area contributed by atoms with Crippen molar-refractivity contribution in [2.24, 2.45) is 0 Å². The number of nitrogens with one attached hydrogen (secondary N) is 1. The minimum Gasteiger partial charge on any atom is -0.314 e. The van der Waals surface area contributed by atoms with Crippen LogP contribution < -0.4 is 5.32 Å². The molecule has 3 aromatic rings. The van der Waals surface area contributed by atoms with Crippen molar-refractivity contribution in [3.8, 4) is 0 Å². The minimum atomic E-state index is 0.791. The molecular formula is C9H9N5S3. The molecule has 0 aliphatic carbocycles. The average molecular weight is 283 g/mol. The quantitative estimate of drug-likeness (QED) is 0.795. The van der Waals surface area contributed by atoms with Crippen LogP contribution in [0, 0.1) is 0 Å². The molecule has 0 unspecified atom stereocenters. The van der Waals surface area contributed by atoms with Gasteiger partial charge in [-0.1, -0.05) is 0 Å². The summed E-state index contributed by atoms with van der Waals surface area (Å²) in [5, 5.41) is 6.22. The third kappa shape index (κ3) is 2.08. The molecule has 3 aromatic heterocycles. The number of thiazole rings is 1. The van der Waals surface area contributed by atoms with Gasteiger partial charge in [0.05, 0.1) is 5.69 Å². The van der Waals surface area contributed by atoms with Crippen LogP contribution in [0.3, 0.4) is 0 Å². The molecule has 17 heavy (non-hydrogen) atoms.